The first-order chi connectivity index (χ1) is 13.2. The second kappa shape index (κ2) is 9.36. The highest BCUT2D eigenvalue weighted by Gasteiger charge is 2.29. The molecule has 7 nitrogen and oxygen atoms in total. The van der Waals surface area contributed by atoms with Crippen molar-refractivity contribution in [2.75, 3.05) is 18.5 Å². The van der Waals surface area contributed by atoms with Crippen LogP contribution in [-0.4, -0.2) is 38.6 Å². The summed E-state index contributed by atoms with van der Waals surface area (Å²) in [6.45, 7) is 5.07. The molecule has 150 valence electrons. The van der Waals surface area contributed by atoms with Gasteiger partial charge in [0.25, 0.3) is 0 Å². The van der Waals surface area contributed by atoms with E-state index in [9.17, 15) is 18.0 Å². The van der Waals surface area contributed by atoms with Gasteiger partial charge in [-0.2, -0.15) is 0 Å². The Hall–Kier alpha value is -2.87. The summed E-state index contributed by atoms with van der Waals surface area (Å²) >= 11 is 0. The fraction of sp³-hybridized carbons (Fsp3) is 0.300. The zero-order valence-corrected chi connectivity index (χ0v) is 16.9. The van der Waals surface area contributed by atoms with Crippen molar-refractivity contribution in [2.24, 2.45) is 0 Å². The van der Waals surface area contributed by atoms with Crippen molar-refractivity contribution in [3.05, 3.63) is 54.1 Å². The van der Waals surface area contributed by atoms with Crippen molar-refractivity contribution in [1.29, 1.82) is 0 Å². The molecule has 0 bridgehead atoms. The van der Waals surface area contributed by atoms with Crippen LogP contribution < -0.4 is 15.4 Å². The zero-order valence-electron chi connectivity index (χ0n) is 16.1. The van der Waals surface area contributed by atoms with Crippen LogP contribution >= 0.6 is 0 Å². The maximum Gasteiger partial charge on any atom is 0.238 e. The van der Waals surface area contributed by atoms with Gasteiger partial charge in [-0.25, -0.2) is 8.42 Å². The predicted molar refractivity (Wildman–Crippen MR) is 107 cm³/mol. The van der Waals surface area contributed by atoms with Gasteiger partial charge in [-0.1, -0.05) is 12.1 Å². The third-order valence-corrected chi connectivity index (χ3v) is 6.07. The molecule has 0 aliphatic rings. The number of anilines is 1. The van der Waals surface area contributed by atoms with Crippen molar-refractivity contribution >= 4 is 27.3 Å². The van der Waals surface area contributed by atoms with Gasteiger partial charge in [0.2, 0.25) is 11.8 Å². The molecule has 0 radical (unpaired) electrons. The molecule has 0 saturated carbocycles. The van der Waals surface area contributed by atoms with Crippen LogP contribution in [-0.2, 0) is 19.4 Å². The molecule has 2 N–H and O–H groups in total. The lowest BCUT2D eigenvalue weighted by Crippen LogP contribution is -2.39. The lowest BCUT2D eigenvalue weighted by atomic mass is 10.2. The first kappa shape index (κ1) is 21.4. The second-order valence-electron chi connectivity index (χ2n) is 6.35. The number of amides is 2. The van der Waals surface area contributed by atoms with Crippen LogP contribution in [0.4, 0.5) is 5.69 Å². The van der Waals surface area contributed by atoms with Crippen molar-refractivity contribution in [2.45, 2.75) is 30.9 Å². The minimum absolute atomic E-state index is 0.0141. The topological polar surface area (TPSA) is 102 Å². The first-order valence-electron chi connectivity index (χ1n) is 8.79. The Balaban J connectivity index is 1.90. The van der Waals surface area contributed by atoms with Crippen molar-refractivity contribution in [3.8, 4) is 5.75 Å². The number of rotatable bonds is 8. The van der Waals surface area contributed by atoms with Crippen LogP contribution in [0.15, 0.2) is 53.4 Å². The molecule has 2 aromatic rings. The number of ether oxygens (including phenoxy) is 1. The summed E-state index contributed by atoms with van der Waals surface area (Å²) in [6, 6.07) is 13.2. The van der Waals surface area contributed by atoms with E-state index in [1.807, 2.05) is 31.2 Å². The monoisotopic (exact) mass is 404 g/mol. The number of nitrogens with one attached hydrogen (secondary N) is 2. The first-order valence-corrected chi connectivity index (χ1v) is 10.3. The molecule has 1 atom stereocenters. The fourth-order valence-electron chi connectivity index (χ4n) is 2.47. The highest BCUT2D eigenvalue weighted by molar-refractivity contribution is 7.92. The fourth-order valence-corrected chi connectivity index (χ4v) is 3.76. The Morgan fingerprint density at radius 3 is 2.39 bits per heavy atom. The standard InChI is InChI=1S/C20H24N2O5S/c1-14-5-4-6-18(13-14)27-12-11-21-20(24)15(2)28(25,26)19-9-7-17(8-10-19)22-16(3)23/h4-10,13,15H,11-12H2,1-3H3,(H,21,24)(H,22,23). The number of aryl methyl sites for hydroxylation is 1. The molecule has 0 spiro atoms. The maximum atomic E-state index is 12.6. The van der Waals surface area contributed by atoms with Gasteiger partial charge in [-0.15, -0.1) is 0 Å². The molecule has 28 heavy (non-hydrogen) atoms. The van der Waals surface area contributed by atoms with Crippen LogP contribution in [0.3, 0.4) is 0 Å². The summed E-state index contributed by atoms with van der Waals surface area (Å²) in [5.74, 6) is -0.163. The minimum atomic E-state index is -3.84. The van der Waals surface area contributed by atoms with Gasteiger partial charge in [-0.3, -0.25) is 9.59 Å². The van der Waals surface area contributed by atoms with E-state index in [2.05, 4.69) is 10.6 Å². The molecule has 2 aromatic carbocycles. The van der Waals surface area contributed by atoms with Gasteiger partial charge in [0.1, 0.15) is 17.6 Å². The summed E-state index contributed by atoms with van der Waals surface area (Å²) in [5.41, 5.74) is 1.54. The van der Waals surface area contributed by atoms with Crippen LogP contribution in [0, 0.1) is 6.92 Å². The molecule has 1 unspecified atom stereocenters. The number of hydrogen-bond donors (Lipinski definition) is 2. The van der Waals surface area contributed by atoms with E-state index in [4.69, 9.17) is 4.74 Å². The number of carbonyl (C=O) groups is 2. The average Bonchev–Trinajstić information content (AvgIpc) is 2.64. The molecule has 0 saturated heterocycles. The third kappa shape index (κ3) is 5.82. The highest BCUT2D eigenvalue weighted by atomic mass is 32.2. The van der Waals surface area contributed by atoms with Crippen LogP contribution in [0.25, 0.3) is 0 Å². The molecule has 0 aliphatic carbocycles. The Kier molecular flexibility index (Phi) is 7.17. The summed E-state index contributed by atoms with van der Waals surface area (Å²) < 4.78 is 30.8. The van der Waals surface area contributed by atoms with Crippen molar-refractivity contribution in [1.82, 2.24) is 5.32 Å². The zero-order chi connectivity index (χ0) is 20.7. The quantitative estimate of drug-likeness (QED) is 0.658. The lowest BCUT2D eigenvalue weighted by molar-refractivity contribution is -0.120. The Bertz CT molecular complexity index is 939. The minimum Gasteiger partial charge on any atom is -0.492 e. The van der Waals surface area contributed by atoms with E-state index >= 15 is 0 Å². The van der Waals surface area contributed by atoms with E-state index in [1.54, 1.807) is 0 Å². The van der Waals surface area contributed by atoms with Gasteiger partial charge in [0.05, 0.1) is 11.4 Å². The third-order valence-electron chi connectivity index (χ3n) is 4.00. The number of sulfone groups is 1. The molecule has 0 aromatic heterocycles. The second-order valence-corrected chi connectivity index (χ2v) is 8.62. The molecular weight excluding hydrogens is 380 g/mol. The van der Waals surface area contributed by atoms with E-state index in [1.165, 1.54) is 38.1 Å². The van der Waals surface area contributed by atoms with Crippen molar-refractivity contribution in [3.63, 3.8) is 0 Å². The van der Waals surface area contributed by atoms with Crippen molar-refractivity contribution < 1.29 is 22.7 Å². The van der Waals surface area contributed by atoms with E-state index in [0.717, 1.165) is 5.56 Å². The largest absolute Gasteiger partial charge is 0.492 e. The predicted octanol–water partition coefficient (Wildman–Crippen LogP) is 2.31. The van der Waals surface area contributed by atoms with Gasteiger partial charge in [-0.05, 0) is 55.8 Å². The van der Waals surface area contributed by atoms with Gasteiger partial charge in [0.15, 0.2) is 9.84 Å². The highest BCUT2D eigenvalue weighted by Crippen LogP contribution is 2.19. The van der Waals surface area contributed by atoms with Gasteiger partial charge in [0, 0.05) is 12.6 Å². The molecule has 2 amide bonds. The van der Waals surface area contributed by atoms with Crippen LogP contribution in [0.2, 0.25) is 0 Å². The Morgan fingerprint density at radius 2 is 1.79 bits per heavy atom. The normalized spacial score (nSPS) is 12.1. The van der Waals surface area contributed by atoms with E-state index in [0.29, 0.717) is 11.4 Å². The van der Waals surface area contributed by atoms with E-state index < -0.39 is 21.0 Å². The lowest BCUT2D eigenvalue weighted by Gasteiger charge is -2.14. The molecule has 0 aliphatic heterocycles. The molecule has 2 rings (SSSR count). The SMILES string of the molecule is CC(=O)Nc1ccc(S(=O)(=O)C(C)C(=O)NCCOc2cccc(C)c2)cc1. The summed E-state index contributed by atoms with van der Waals surface area (Å²) in [4.78, 5) is 23.3. The van der Waals surface area contributed by atoms with Crippen LogP contribution in [0.5, 0.6) is 5.75 Å². The smallest absolute Gasteiger partial charge is 0.238 e. The molecule has 8 heteroatoms. The summed E-state index contributed by atoms with van der Waals surface area (Å²) in [6.07, 6.45) is 0. The van der Waals surface area contributed by atoms with Crippen LogP contribution in [0.1, 0.15) is 19.4 Å². The summed E-state index contributed by atoms with van der Waals surface area (Å²) in [5, 5.41) is 3.89. The number of benzene rings is 2. The average molecular weight is 404 g/mol. The molecular formula is C20H24N2O5S. The van der Waals surface area contributed by atoms with Gasteiger partial charge >= 0.3 is 0 Å². The Labute approximate surface area is 165 Å². The summed E-state index contributed by atoms with van der Waals surface area (Å²) in [7, 11) is -3.84. The maximum absolute atomic E-state index is 12.6. The number of carbonyl (C=O) groups excluding carboxylic acids is 2. The van der Waals surface area contributed by atoms with Gasteiger partial charge < -0.3 is 15.4 Å². The molecule has 0 fully saturated rings. The number of hydrogen-bond acceptors (Lipinski definition) is 5. The Morgan fingerprint density at radius 1 is 1.11 bits per heavy atom. The van der Waals surface area contributed by atoms with E-state index in [-0.39, 0.29) is 24.0 Å². The molecule has 0 heterocycles.